The molecule has 0 aromatic heterocycles. The number of rotatable bonds is 7. The van der Waals surface area contributed by atoms with Gasteiger partial charge in [0.25, 0.3) is 11.7 Å². The molecule has 0 saturated carbocycles. The zero-order chi connectivity index (χ0) is 25.1. The van der Waals surface area contributed by atoms with Gasteiger partial charge in [0.1, 0.15) is 17.3 Å². The maximum atomic E-state index is 13.3. The van der Waals surface area contributed by atoms with Crippen molar-refractivity contribution in [2.75, 3.05) is 18.1 Å². The third-order valence-electron chi connectivity index (χ3n) is 5.54. The highest BCUT2D eigenvalue weighted by Crippen LogP contribution is 2.44. The Balaban J connectivity index is 1.93. The van der Waals surface area contributed by atoms with Crippen LogP contribution >= 0.6 is 23.2 Å². The molecule has 1 fully saturated rings. The van der Waals surface area contributed by atoms with E-state index in [1.54, 1.807) is 66.7 Å². The lowest BCUT2D eigenvalue weighted by atomic mass is 9.95. The predicted octanol–water partition coefficient (Wildman–Crippen LogP) is 6.42. The van der Waals surface area contributed by atoms with Gasteiger partial charge in [-0.05, 0) is 61.9 Å². The molecular weight excluding hydrogens is 489 g/mol. The van der Waals surface area contributed by atoms with Crippen LogP contribution in [0.4, 0.5) is 5.69 Å². The molecule has 1 aliphatic heterocycles. The molecule has 1 heterocycles. The van der Waals surface area contributed by atoms with E-state index in [0.717, 1.165) is 0 Å². The average molecular weight is 512 g/mol. The van der Waals surface area contributed by atoms with Crippen molar-refractivity contribution in [2.45, 2.75) is 19.9 Å². The largest absolute Gasteiger partial charge is 0.507 e. The fourth-order valence-electron chi connectivity index (χ4n) is 4.04. The molecule has 1 unspecified atom stereocenters. The zero-order valence-electron chi connectivity index (χ0n) is 19.1. The van der Waals surface area contributed by atoms with Crippen molar-refractivity contribution >= 4 is 46.3 Å². The van der Waals surface area contributed by atoms with E-state index in [0.29, 0.717) is 41.0 Å². The first-order valence-electron chi connectivity index (χ1n) is 11.1. The van der Waals surface area contributed by atoms with Gasteiger partial charge in [0, 0.05) is 22.3 Å². The third kappa shape index (κ3) is 4.85. The highest BCUT2D eigenvalue weighted by Gasteiger charge is 2.47. The summed E-state index contributed by atoms with van der Waals surface area (Å²) < 4.78 is 11.1. The van der Waals surface area contributed by atoms with E-state index in [-0.39, 0.29) is 16.2 Å². The minimum Gasteiger partial charge on any atom is -0.507 e. The smallest absolute Gasteiger partial charge is 0.300 e. The molecule has 1 atom stereocenters. The Morgan fingerprint density at radius 2 is 1.57 bits per heavy atom. The van der Waals surface area contributed by atoms with E-state index < -0.39 is 23.5 Å². The summed E-state index contributed by atoms with van der Waals surface area (Å²) in [5, 5.41) is 12.1. The van der Waals surface area contributed by atoms with Crippen LogP contribution in [-0.2, 0) is 9.59 Å². The van der Waals surface area contributed by atoms with Gasteiger partial charge in [-0.2, -0.15) is 0 Å². The molecule has 3 aromatic rings. The summed E-state index contributed by atoms with van der Waals surface area (Å²) in [6, 6.07) is 17.5. The van der Waals surface area contributed by atoms with Crippen LogP contribution in [0.1, 0.15) is 31.0 Å². The molecule has 0 radical (unpaired) electrons. The van der Waals surface area contributed by atoms with E-state index in [9.17, 15) is 14.7 Å². The van der Waals surface area contributed by atoms with E-state index in [1.165, 1.54) is 4.90 Å². The molecule has 1 amide bonds. The number of carbonyl (C=O) groups is 2. The van der Waals surface area contributed by atoms with Gasteiger partial charge in [-0.15, -0.1) is 0 Å². The van der Waals surface area contributed by atoms with Crippen LogP contribution in [0, 0.1) is 0 Å². The Kier molecular flexibility index (Phi) is 7.34. The number of hydrogen-bond acceptors (Lipinski definition) is 5. The number of halogens is 2. The maximum Gasteiger partial charge on any atom is 0.300 e. The number of carbonyl (C=O) groups excluding carboxylic acids is 2. The summed E-state index contributed by atoms with van der Waals surface area (Å²) in [6.07, 6.45) is 0. The minimum atomic E-state index is -0.920. The molecule has 35 heavy (non-hydrogen) atoms. The second-order valence-corrected chi connectivity index (χ2v) is 8.57. The number of nitrogens with zero attached hydrogens (tertiary/aromatic N) is 1. The summed E-state index contributed by atoms with van der Waals surface area (Å²) >= 11 is 12.5. The van der Waals surface area contributed by atoms with Gasteiger partial charge in [0.2, 0.25) is 0 Å². The van der Waals surface area contributed by atoms with Crippen molar-refractivity contribution in [3.63, 3.8) is 0 Å². The normalized spacial score (nSPS) is 17.0. The number of amides is 1. The molecule has 1 N–H and O–H groups in total. The Labute approximate surface area is 213 Å². The Morgan fingerprint density at radius 3 is 2.23 bits per heavy atom. The van der Waals surface area contributed by atoms with E-state index in [1.807, 2.05) is 13.8 Å². The van der Waals surface area contributed by atoms with Gasteiger partial charge in [-0.3, -0.25) is 14.5 Å². The zero-order valence-corrected chi connectivity index (χ0v) is 20.6. The van der Waals surface area contributed by atoms with Crippen LogP contribution < -0.4 is 14.4 Å². The first-order chi connectivity index (χ1) is 16.8. The van der Waals surface area contributed by atoms with Crippen molar-refractivity contribution in [1.29, 1.82) is 0 Å². The number of benzene rings is 3. The molecule has 4 rings (SSSR count). The molecular formula is C27H23Cl2NO5. The van der Waals surface area contributed by atoms with Crippen LogP contribution in [0.25, 0.3) is 5.76 Å². The summed E-state index contributed by atoms with van der Waals surface area (Å²) in [5.74, 6) is -0.980. The first-order valence-corrected chi connectivity index (χ1v) is 11.8. The number of anilines is 1. The molecule has 180 valence electrons. The van der Waals surface area contributed by atoms with Gasteiger partial charge in [-0.1, -0.05) is 41.4 Å². The SMILES string of the molecule is CCOc1cccc(N2C(=O)C(=O)/C(=C(/O)c3cc(OCC)ccc3Cl)C2c2ccc(Cl)cc2)c1. The highest BCUT2D eigenvalue weighted by atomic mass is 35.5. The Bertz CT molecular complexity index is 1300. The van der Waals surface area contributed by atoms with Gasteiger partial charge in [0.15, 0.2) is 0 Å². The van der Waals surface area contributed by atoms with E-state index >= 15 is 0 Å². The van der Waals surface area contributed by atoms with Crippen molar-refractivity contribution in [3.8, 4) is 11.5 Å². The van der Waals surface area contributed by atoms with Gasteiger partial charge < -0.3 is 14.6 Å². The molecule has 6 nitrogen and oxygen atoms in total. The maximum absolute atomic E-state index is 13.3. The van der Waals surface area contributed by atoms with Gasteiger partial charge >= 0.3 is 0 Å². The van der Waals surface area contributed by atoms with Crippen LogP contribution in [-0.4, -0.2) is 30.0 Å². The van der Waals surface area contributed by atoms with Crippen LogP contribution in [0.5, 0.6) is 11.5 Å². The minimum absolute atomic E-state index is 0.0883. The lowest BCUT2D eigenvalue weighted by Crippen LogP contribution is -2.29. The summed E-state index contributed by atoms with van der Waals surface area (Å²) in [7, 11) is 0. The number of hydrogen-bond donors (Lipinski definition) is 1. The third-order valence-corrected chi connectivity index (χ3v) is 6.12. The molecule has 0 spiro atoms. The van der Waals surface area contributed by atoms with Crippen LogP contribution in [0.3, 0.4) is 0 Å². The quantitative estimate of drug-likeness (QED) is 0.225. The van der Waals surface area contributed by atoms with Crippen molar-refractivity contribution in [1.82, 2.24) is 0 Å². The number of aliphatic hydroxyl groups is 1. The highest BCUT2D eigenvalue weighted by molar-refractivity contribution is 6.52. The molecule has 0 aliphatic carbocycles. The molecule has 8 heteroatoms. The fourth-order valence-corrected chi connectivity index (χ4v) is 4.37. The topological polar surface area (TPSA) is 76.1 Å². The fraction of sp³-hybridized carbons (Fsp3) is 0.185. The predicted molar refractivity (Wildman–Crippen MR) is 136 cm³/mol. The second-order valence-electron chi connectivity index (χ2n) is 7.73. The van der Waals surface area contributed by atoms with Crippen LogP contribution in [0.15, 0.2) is 72.3 Å². The number of ether oxygens (including phenoxy) is 2. The molecule has 3 aromatic carbocycles. The monoisotopic (exact) mass is 511 g/mol. The standard InChI is InChI=1S/C27H23Cl2NO5/c1-3-34-19-7-5-6-18(14-19)30-24(16-8-10-17(28)11-9-16)23(26(32)27(30)33)25(31)21-15-20(35-4-2)12-13-22(21)29/h5-15,24,31H,3-4H2,1-2H3/b25-23+. The lowest BCUT2D eigenvalue weighted by molar-refractivity contribution is -0.132. The van der Waals surface area contributed by atoms with Crippen molar-refractivity contribution in [3.05, 3.63) is 93.5 Å². The summed E-state index contributed by atoms with van der Waals surface area (Å²) in [4.78, 5) is 28.0. The summed E-state index contributed by atoms with van der Waals surface area (Å²) in [6.45, 7) is 4.54. The van der Waals surface area contributed by atoms with E-state index in [2.05, 4.69) is 0 Å². The second kappa shape index (κ2) is 10.4. The molecule has 1 saturated heterocycles. The Morgan fingerprint density at radius 1 is 0.914 bits per heavy atom. The summed E-state index contributed by atoms with van der Waals surface area (Å²) in [5.41, 5.74) is 1.15. The van der Waals surface area contributed by atoms with Crippen molar-refractivity contribution in [2.24, 2.45) is 0 Å². The molecule has 1 aliphatic rings. The first kappa shape index (κ1) is 24.6. The number of Topliss-reactive ketones (excluding diaryl/α,β-unsaturated/α-hetero) is 1. The van der Waals surface area contributed by atoms with Gasteiger partial charge in [-0.25, -0.2) is 0 Å². The average Bonchev–Trinajstić information content (AvgIpc) is 3.11. The van der Waals surface area contributed by atoms with Crippen molar-refractivity contribution < 1.29 is 24.2 Å². The number of ketones is 1. The molecule has 0 bridgehead atoms. The van der Waals surface area contributed by atoms with E-state index in [4.69, 9.17) is 32.7 Å². The van der Waals surface area contributed by atoms with Crippen LogP contribution in [0.2, 0.25) is 10.0 Å². The number of aliphatic hydroxyl groups excluding tert-OH is 1. The lowest BCUT2D eigenvalue weighted by Gasteiger charge is -2.26. The Hall–Kier alpha value is -3.48. The van der Waals surface area contributed by atoms with Gasteiger partial charge in [0.05, 0.1) is 29.9 Å².